The van der Waals surface area contributed by atoms with Crippen LogP contribution in [0.25, 0.3) is 0 Å². The molecule has 0 atom stereocenters. The maximum absolute atomic E-state index is 5.22. The molecule has 0 aromatic heterocycles. The first-order valence-electron chi connectivity index (χ1n) is 4.92. The Labute approximate surface area is 82.8 Å². The van der Waals surface area contributed by atoms with Gasteiger partial charge in [-0.1, -0.05) is 34.3 Å². The fourth-order valence-corrected chi connectivity index (χ4v) is 0.877. The maximum Gasteiger partial charge on any atom is 0.101 e. The van der Waals surface area contributed by atoms with E-state index in [4.69, 9.17) is 4.74 Å². The molecule has 0 saturated carbocycles. The van der Waals surface area contributed by atoms with E-state index in [1.165, 1.54) is 0 Å². The molecule has 0 unspecified atom stereocenters. The number of ether oxygens (including phenoxy) is 1. The lowest BCUT2D eigenvalue weighted by atomic mass is 10.2. The summed E-state index contributed by atoms with van der Waals surface area (Å²) in [7, 11) is 0. The molecule has 76 valence electrons. The van der Waals surface area contributed by atoms with Crippen LogP contribution in [0, 0.1) is 0 Å². The molecule has 0 amide bonds. The van der Waals surface area contributed by atoms with E-state index in [1.54, 1.807) is 0 Å². The Kier molecular flexibility index (Phi) is 10.2. The maximum atomic E-state index is 5.22. The van der Waals surface area contributed by atoms with E-state index in [-0.39, 0.29) is 0 Å². The molecule has 0 saturated heterocycles. The van der Waals surface area contributed by atoms with Crippen molar-refractivity contribution in [2.45, 2.75) is 41.5 Å². The Morgan fingerprint density at radius 3 is 1.46 bits per heavy atom. The molecule has 0 aromatic rings. The Morgan fingerprint density at radius 2 is 1.23 bits per heavy atom. The summed E-state index contributed by atoms with van der Waals surface area (Å²) in [5.74, 6) is 1.83. The second-order valence-electron chi connectivity index (χ2n) is 2.19. The summed E-state index contributed by atoms with van der Waals surface area (Å²) in [6, 6.07) is 0. The van der Waals surface area contributed by atoms with Gasteiger partial charge in [0.2, 0.25) is 0 Å². The average molecular weight is 182 g/mol. The van der Waals surface area contributed by atoms with Crippen molar-refractivity contribution in [3.63, 3.8) is 0 Å². The van der Waals surface area contributed by atoms with Crippen LogP contribution >= 0.6 is 0 Å². The van der Waals surface area contributed by atoms with E-state index >= 15 is 0 Å². The van der Waals surface area contributed by atoms with Crippen molar-refractivity contribution in [1.82, 2.24) is 0 Å². The van der Waals surface area contributed by atoms with Crippen LogP contribution in [0.1, 0.15) is 41.5 Å². The first kappa shape index (κ1) is 14.5. The van der Waals surface area contributed by atoms with Gasteiger partial charge in [0.05, 0.1) is 0 Å². The number of allylic oxidation sites excluding steroid dienone is 5. The molecule has 1 rings (SSSR count). The summed E-state index contributed by atoms with van der Waals surface area (Å²) in [6.45, 7) is 15.6. The molecule has 1 heteroatoms. The SMILES string of the molecule is C=C1C=C(C)OC(C)=C1.CC.CC. The normalized spacial score (nSPS) is 13.5. The molecule has 1 heterocycles. The van der Waals surface area contributed by atoms with Crippen LogP contribution in [-0.2, 0) is 4.74 Å². The molecular weight excluding hydrogens is 160 g/mol. The smallest absolute Gasteiger partial charge is 0.101 e. The summed E-state index contributed by atoms with van der Waals surface area (Å²) in [6.07, 6.45) is 3.82. The predicted octanol–water partition coefficient (Wildman–Crippen LogP) is 4.43. The van der Waals surface area contributed by atoms with Crippen molar-refractivity contribution >= 4 is 0 Å². The first-order chi connectivity index (χ1) is 6.18. The predicted molar refractivity (Wildman–Crippen MR) is 60.4 cm³/mol. The van der Waals surface area contributed by atoms with E-state index in [0.717, 1.165) is 17.1 Å². The largest absolute Gasteiger partial charge is 0.467 e. The van der Waals surface area contributed by atoms with Gasteiger partial charge in [-0.15, -0.1) is 0 Å². The monoisotopic (exact) mass is 182 g/mol. The van der Waals surface area contributed by atoms with Gasteiger partial charge in [0.1, 0.15) is 11.5 Å². The Morgan fingerprint density at radius 1 is 0.923 bits per heavy atom. The highest BCUT2D eigenvalue weighted by Gasteiger charge is 1.99. The van der Waals surface area contributed by atoms with E-state index in [2.05, 4.69) is 6.58 Å². The zero-order valence-electron chi connectivity index (χ0n) is 9.77. The Balaban J connectivity index is 0. The van der Waals surface area contributed by atoms with Gasteiger partial charge in [-0.3, -0.25) is 0 Å². The highest BCUT2D eigenvalue weighted by atomic mass is 16.5. The van der Waals surface area contributed by atoms with Crippen LogP contribution in [0.5, 0.6) is 0 Å². The minimum absolute atomic E-state index is 0.917. The van der Waals surface area contributed by atoms with E-state index < -0.39 is 0 Å². The van der Waals surface area contributed by atoms with Crippen molar-refractivity contribution in [1.29, 1.82) is 0 Å². The molecule has 0 radical (unpaired) electrons. The zero-order chi connectivity index (χ0) is 10.9. The summed E-state index contributed by atoms with van der Waals surface area (Å²) in [5, 5.41) is 0. The van der Waals surface area contributed by atoms with Crippen molar-refractivity contribution in [3.05, 3.63) is 35.8 Å². The molecule has 0 N–H and O–H groups in total. The zero-order valence-corrected chi connectivity index (χ0v) is 9.77. The summed E-state index contributed by atoms with van der Waals surface area (Å²) >= 11 is 0. The molecule has 0 bridgehead atoms. The molecular formula is C12H22O. The molecule has 1 aliphatic rings. The second kappa shape index (κ2) is 9.11. The van der Waals surface area contributed by atoms with Gasteiger partial charge in [0.15, 0.2) is 0 Å². The topological polar surface area (TPSA) is 9.23 Å². The highest BCUT2D eigenvalue weighted by molar-refractivity contribution is 5.33. The van der Waals surface area contributed by atoms with Crippen molar-refractivity contribution in [2.75, 3.05) is 0 Å². The Hall–Kier alpha value is -0.980. The fraction of sp³-hybridized carbons (Fsp3) is 0.500. The molecule has 1 nitrogen and oxygen atoms in total. The van der Waals surface area contributed by atoms with Crippen LogP contribution in [0.2, 0.25) is 0 Å². The lowest BCUT2D eigenvalue weighted by molar-refractivity contribution is 0.304. The van der Waals surface area contributed by atoms with Gasteiger partial charge in [0.25, 0.3) is 0 Å². The first-order valence-corrected chi connectivity index (χ1v) is 4.92. The van der Waals surface area contributed by atoms with E-state index in [1.807, 2.05) is 53.7 Å². The van der Waals surface area contributed by atoms with Gasteiger partial charge < -0.3 is 4.74 Å². The summed E-state index contributed by atoms with van der Waals surface area (Å²) in [5.41, 5.74) is 1.01. The minimum Gasteiger partial charge on any atom is -0.467 e. The molecule has 0 aromatic carbocycles. The third-order valence-corrected chi connectivity index (χ3v) is 1.10. The quantitative estimate of drug-likeness (QED) is 0.538. The van der Waals surface area contributed by atoms with Crippen LogP contribution in [0.3, 0.4) is 0 Å². The van der Waals surface area contributed by atoms with Crippen molar-refractivity contribution < 1.29 is 4.74 Å². The lowest BCUT2D eigenvalue weighted by Crippen LogP contribution is -1.92. The standard InChI is InChI=1S/C8H10O.2C2H6/c1-6-4-7(2)9-8(3)5-6;2*1-2/h4-5H,1H2,2-3H3;2*1-2H3. The average Bonchev–Trinajstić information content (AvgIpc) is 2.09. The van der Waals surface area contributed by atoms with Crippen LogP contribution < -0.4 is 0 Å². The van der Waals surface area contributed by atoms with Crippen LogP contribution in [0.4, 0.5) is 0 Å². The molecule has 13 heavy (non-hydrogen) atoms. The Bertz CT molecular complexity index is 177. The van der Waals surface area contributed by atoms with Gasteiger partial charge in [0, 0.05) is 0 Å². The summed E-state index contributed by atoms with van der Waals surface area (Å²) < 4.78 is 5.22. The molecule has 0 spiro atoms. The molecule has 1 aliphatic heterocycles. The summed E-state index contributed by atoms with van der Waals surface area (Å²) in [4.78, 5) is 0. The van der Waals surface area contributed by atoms with Crippen LogP contribution in [0.15, 0.2) is 35.8 Å². The third-order valence-electron chi connectivity index (χ3n) is 1.10. The minimum atomic E-state index is 0.917. The fourth-order valence-electron chi connectivity index (χ4n) is 0.877. The number of hydrogen-bond donors (Lipinski definition) is 0. The number of hydrogen-bond acceptors (Lipinski definition) is 1. The van der Waals surface area contributed by atoms with Gasteiger partial charge >= 0.3 is 0 Å². The third kappa shape index (κ3) is 7.38. The van der Waals surface area contributed by atoms with Gasteiger partial charge in [-0.25, -0.2) is 0 Å². The van der Waals surface area contributed by atoms with Gasteiger partial charge in [-0.05, 0) is 31.6 Å². The van der Waals surface area contributed by atoms with E-state index in [0.29, 0.717) is 0 Å². The number of rotatable bonds is 0. The molecule has 0 aliphatic carbocycles. The van der Waals surface area contributed by atoms with Crippen molar-refractivity contribution in [3.8, 4) is 0 Å². The van der Waals surface area contributed by atoms with Crippen molar-refractivity contribution in [2.24, 2.45) is 0 Å². The van der Waals surface area contributed by atoms with Crippen LogP contribution in [-0.4, -0.2) is 0 Å². The lowest BCUT2D eigenvalue weighted by Gasteiger charge is -2.10. The second-order valence-corrected chi connectivity index (χ2v) is 2.19. The van der Waals surface area contributed by atoms with Gasteiger partial charge in [-0.2, -0.15) is 0 Å². The molecule has 0 fully saturated rings. The van der Waals surface area contributed by atoms with E-state index in [9.17, 15) is 0 Å². The highest BCUT2D eigenvalue weighted by Crippen LogP contribution is 2.15.